The highest BCUT2D eigenvalue weighted by molar-refractivity contribution is 9.13. The second-order valence-corrected chi connectivity index (χ2v) is 5.75. The standard InChI is InChI=1S/C5H9Br3/c1-3(6)5(8)4(2)7/h3-5H,1-2H3/t3-,4+,5?. The fourth-order valence-electron chi connectivity index (χ4n) is 0.365. The molecule has 0 nitrogen and oxygen atoms in total. The van der Waals surface area contributed by atoms with Crippen LogP contribution in [0.2, 0.25) is 0 Å². The third kappa shape index (κ3) is 3.46. The Morgan fingerprint density at radius 2 is 1.12 bits per heavy atom. The molecule has 0 aromatic rings. The molecule has 0 aliphatic rings. The highest BCUT2D eigenvalue weighted by Gasteiger charge is 2.14. The normalized spacial score (nSPS) is 22.1. The molecule has 0 bridgehead atoms. The first-order chi connectivity index (χ1) is 3.55. The van der Waals surface area contributed by atoms with Crippen LogP contribution in [0.3, 0.4) is 0 Å². The lowest BCUT2D eigenvalue weighted by molar-refractivity contribution is 0.858. The van der Waals surface area contributed by atoms with Crippen molar-refractivity contribution in [1.29, 1.82) is 0 Å². The molecule has 0 rings (SSSR count). The van der Waals surface area contributed by atoms with E-state index in [2.05, 4.69) is 61.6 Å². The van der Waals surface area contributed by atoms with Gasteiger partial charge in [-0.25, -0.2) is 0 Å². The van der Waals surface area contributed by atoms with Crippen LogP contribution in [0.25, 0.3) is 0 Å². The summed E-state index contributed by atoms with van der Waals surface area (Å²) in [5.74, 6) is 0. The van der Waals surface area contributed by atoms with E-state index >= 15 is 0 Å². The van der Waals surface area contributed by atoms with E-state index in [4.69, 9.17) is 0 Å². The zero-order valence-corrected chi connectivity index (χ0v) is 9.62. The molecular weight excluding hydrogens is 300 g/mol. The van der Waals surface area contributed by atoms with Crippen molar-refractivity contribution < 1.29 is 0 Å². The van der Waals surface area contributed by atoms with Gasteiger partial charge in [0.15, 0.2) is 0 Å². The number of hydrogen-bond acceptors (Lipinski definition) is 0. The highest BCUT2D eigenvalue weighted by atomic mass is 79.9. The van der Waals surface area contributed by atoms with Crippen molar-refractivity contribution in [3.8, 4) is 0 Å². The van der Waals surface area contributed by atoms with Crippen LogP contribution in [0.15, 0.2) is 0 Å². The van der Waals surface area contributed by atoms with E-state index in [9.17, 15) is 0 Å². The van der Waals surface area contributed by atoms with Crippen molar-refractivity contribution in [3.63, 3.8) is 0 Å². The maximum absolute atomic E-state index is 3.51. The first-order valence-corrected chi connectivity index (χ1v) is 5.22. The van der Waals surface area contributed by atoms with Gasteiger partial charge in [-0.05, 0) is 0 Å². The van der Waals surface area contributed by atoms with E-state index in [0.29, 0.717) is 14.5 Å². The second-order valence-electron chi connectivity index (χ2n) is 1.80. The Morgan fingerprint density at radius 3 is 1.12 bits per heavy atom. The van der Waals surface area contributed by atoms with Gasteiger partial charge in [-0.2, -0.15) is 0 Å². The summed E-state index contributed by atoms with van der Waals surface area (Å²) in [5.41, 5.74) is 0. The lowest BCUT2D eigenvalue weighted by atomic mass is 10.3. The monoisotopic (exact) mass is 306 g/mol. The van der Waals surface area contributed by atoms with Crippen LogP contribution in [0.1, 0.15) is 13.8 Å². The van der Waals surface area contributed by atoms with Crippen molar-refractivity contribution in [3.05, 3.63) is 0 Å². The molecule has 0 aromatic carbocycles. The lowest BCUT2D eigenvalue weighted by Gasteiger charge is -2.13. The molecule has 50 valence electrons. The maximum atomic E-state index is 3.51. The summed E-state index contributed by atoms with van der Waals surface area (Å²) in [6.07, 6.45) is 0. The fourth-order valence-corrected chi connectivity index (χ4v) is 1.69. The molecule has 0 heterocycles. The number of hydrogen-bond donors (Lipinski definition) is 0. The SMILES string of the molecule is C[C@H](Br)C(Br)[C@@H](C)Br. The lowest BCUT2D eigenvalue weighted by Crippen LogP contribution is -2.18. The molecule has 0 aliphatic carbocycles. The molecule has 3 heteroatoms. The van der Waals surface area contributed by atoms with E-state index in [1.807, 2.05) is 0 Å². The molecule has 0 aliphatic heterocycles. The summed E-state index contributed by atoms with van der Waals surface area (Å²) in [7, 11) is 0. The molecule has 0 saturated carbocycles. The Labute approximate surface area is 75.8 Å². The first-order valence-electron chi connectivity index (χ1n) is 2.48. The van der Waals surface area contributed by atoms with Gasteiger partial charge in [-0.1, -0.05) is 61.6 Å². The van der Waals surface area contributed by atoms with Crippen LogP contribution in [-0.4, -0.2) is 14.5 Å². The molecular formula is C5H9Br3. The quantitative estimate of drug-likeness (QED) is 0.687. The predicted molar refractivity (Wildman–Crippen MR) is 49.5 cm³/mol. The van der Waals surface area contributed by atoms with Gasteiger partial charge in [0.2, 0.25) is 0 Å². The number of rotatable bonds is 2. The fraction of sp³-hybridized carbons (Fsp3) is 1.00. The van der Waals surface area contributed by atoms with Crippen LogP contribution in [-0.2, 0) is 0 Å². The average Bonchev–Trinajstić information content (AvgIpc) is 1.64. The van der Waals surface area contributed by atoms with E-state index in [-0.39, 0.29) is 0 Å². The van der Waals surface area contributed by atoms with Crippen LogP contribution in [0, 0.1) is 0 Å². The number of halogens is 3. The minimum atomic E-state index is 0.516. The zero-order valence-electron chi connectivity index (χ0n) is 4.87. The van der Waals surface area contributed by atoms with Crippen molar-refractivity contribution in [2.75, 3.05) is 0 Å². The van der Waals surface area contributed by atoms with Gasteiger partial charge in [0.1, 0.15) is 0 Å². The number of alkyl halides is 3. The highest BCUT2D eigenvalue weighted by Crippen LogP contribution is 2.21. The summed E-state index contributed by atoms with van der Waals surface area (Å²) in [4.78, 5) is 1.57. The van der Waals surface area contributed by atoms with Gasteiger partial charge in [-0.3, -0.25) is 0 Å². The molecule has 0 fully saturated rings. The summed E-state index contributed by atoms with van der Waals surface area (Å²) in [5, 5.41) is 0. The van der Waals surface area contributed by atoms with Gasteiger partial charge in [0, 0.05) is 14.5 Å². The Morgan fingerprint density at radius 1 is 0.875 bits per heavy atom. The zero-order chi connectivity index (χ0) is 6.73. The molecule has 0 N–H and O–H groups in total. The van der Waals surface area contributed by atoms with Crippen molar-refractivity contribution in [1.82, 2.24) is 0 Å². The Bertz CT molecular complexity index is 52.7. The third-order valence-electron chi connectivity index (χ3n) is 0.878. The van der Waals surface area contributed by atoms with Crippen molar-refractivity contribution in [2.45, 2.75) is 28.3 Å². The van der Waals surface area contributed by atoms with Crippen molar-refractivity contribution in [2.24, 2.45) is 0 Å². The summed E-state index contributed by atoms with van der Waals surface area (Å²) < 4.78 is 0. The second kappa shape index (κ2) is 4.29. The van der Waals surface area contributed by atoms with Crippen LogP contribution in [0.5, 0.6) is 0 Å². The minimum absolute atomic E-state index is 0.516. The molecule has 0 aromatic heterocycles. The van der Waals surface area contributed by atoms with Crippen LogP contribution in [0.4, 0.5) is 0 Å². The molecule has 0 radical (unpaired) electrons. The molecule has 0 spiro atoms. The van der Waals surface area contributed by atoms with Crippen molar-refractivity contribution >= 4 is 47.8 Å². The summed E-state index contributed by atoms with van der Waals surface area (Å²) in [6, 6.07) is 0. The van der Waals surface area contributed by atoms with E-state index in [0.717, 1.165) is 0 Å². The minimum Gasteiger partial charge on any atom is -0.0881 e. The van der Waals surface area contributed by atoms with Gasteiger partial charge in [0.05, 0.1) is 0 Å². The van der Waals surface area contributed by atoms with Gasteiger partial charge in [0.25, 0.3) is 0 Å². The Hall–Kier alpha value is 1.44. The smallest absolute Gasteiger partial charge is 0.0390 e. The first kappa shape index (κ1) is 9.44. The van der Waals surface area contributed by atoms with Gasteiger partial charge < -0.3 is 0 Å². The van der Waals surface area contributed by atoms with Gasteiger partial charge in [-0.15, -0.1) is 0 Å². The van der Waals surface area contributed by atoms with Crippen LogP contribution < -0.4 is 0 Å². The summed E-state index contributed by atoms with van der Waals surface area (Å²) >= 11 is 10.4. The van der Waals surface area contributed by atoms with Crippen LogP contribution >= 0.6 is 47.8 Å². The third-order valence-corrected chi connectivity index (χ3v) is 5.02. The Kier molecular flexibility index (Phi) is 5.06. The Balaban J connectivity index is 3.46. The van der Waals surface area contributed by atoms with Gasteiger partial charge >= 0.3 is 0 Å². The average molecular weight is 309 g/mol. The predicted octanol–water partition coefficient (Wildman–Crippen LogP) is 3.32. The molecule has 0 saturated heterocycles. The molecule has 8 heavy (non-hydrogen) atoms. The summed E-state index contributed by atoms with van der Waals surface area (Å²) in [6.45, 7) is 4.24. The molecule has 3 atom stereocenters. The maximum Gasteiger partial charge on any atom is 0.0390 e. The van der Waals surface area contributed by atoms with E-state index in [1.54, 1.807) is 0 Å². The molecule has 0 amide bonds. The van der Waals surface area contributed by atoms with E-state index in [1.165, 1.54) is 0 Å². The molecule has 1 unspecified atom stereocenters. The largest absolute Gasteiger partial charge is 0.0881 e. The van der Waals surface area contributed by atoms with E-state index < -0.39 is 0 Å². The topological polar surface area (TPSA) is 0 Å².